The van der Waals surface area contributed by atoms with Crippen LogP contribution in [0.2, 0.25) is 0 Å². The summed E-state index contributed by atoms with van der Waals surface area (Å²) >= 11 is 0. The predicted octanol–water partition coefficient (Wildman–Crippen LogP) is 5.55. The monoisotopic (exact) mass is 418 g/mol. The molecule has 7 heteroatoms. The van der Waals surface area contributed by atoms with E-state index in [1.165, 1.54) is 18.2 Å². The number of carbonyl (C=O) groups is 1. The van der Waals surface area contributed by atoms with Crippen LogP contribution >= 0.6 is 0 Å². The highest BCUT2D eigenvalue weighted by Gasteiger charge is 2.30. The minimum absolute atomic E-state index is 0.0504. The Hall–Kier alpha value is -3.09. The molecular weight excluding hydrogens is 396 g/mol. The van der Waals surface area contributed by atoms with Crippen molar-refractivity contribution in [1.29, 1.82) is 0 Å². The zero-order valence-electron chi connectivity index (χ0n) is 16.9. The fraction of sp³-hybridized carbons (Fsp3) is 0.261. The van der Waals surface area contributed by atoms with Crippen molar-refractivity contribution in [2.75, 3.05) is 0 Å². The first-order chi connectivity index (χ1) is 14.1. The van der Waals surface area contributed by atoms with E-state index < -0.39 is 17.6 Å². The summed E-state index contributed by atoms with van der Waals surface area (Å²) in [5.41, 5.74) is 2.90. The fourth-order valence-electron chi connectivity index (χ4n) is 3.43. The van der Waals surface area contributed by atoms with Crippen molar-refractivity contribution in [1.82, 2.24) is 9.88 Å². The molecule has 1 N–H and O–H groups in total. The molecule has 158 valence electrons. The second-order valence-electron chi connectivity index (χ2n) is 7.24. The molecule has 0 saturated carbocycles. The minimum atomic E-state index is -4.45. The number of aromatic nitrogens is 1. The minimum Gasteiger partial charge on any atom is -0.347 e. The highest BCUT2D eigenvalue weighted by Crippen LogP contribution is 2.29. The number of hydrogen-bond donors (Lipinski definition) is 1. The van der Waals surface area contributed by atoms with Gasteiger partial charge in [0.2, 0.25) is 0 Å². The largest absolute Gasteiger partial charge is 0.416 e. The molecule has 1 heterocycles. The fourth-order valence-corrected chi connectivity index (χ4v) is 3.43. The number of nitrogens with one attached hydrogen (secondary N) is 1. The summed E-state index contributed by atoms with van der Waals surface area (Å²) in [4.78, 5) is 12.9. The average Bonchev–Trinajstić information content (AvgIpc) is 2.91. The predicted molar refractivity (Wildman–Crippen MR) is 107 cm³/mol. The van der Waals surface area contributed by atoms with E-state index in [0.717, 1.165) is 29.0 Å². The first kappa shape index (κ1) is 21.6. The molecule has 0 aliphatic heterocycles. The van der Waals surface area contributed by atoms with Crippen molar-refractivity contribution < 1.29 is 22.4 Å². The Balaban J connectivity index is 1.86. The van der Waals surface area contributed by atoms with E-state index in [-0.39, 0.29) is 18.9 Å². The number of hydrogen-bond acceptors (Lipinski definition) is 1. The molecular formula is C23H22F4N2O. The standard InChI is InChI=1S/C23H22F4N2O/c1-14-15(2)21(29(16(14)3)13-18-8-4-5-10-20(18)24)22(30)28-12-17-7-6-9-19(11-17)23(25,26)27/h4-11H,12-13H2,1-3H3,(H,28,30). The van der Waals surface area contributed by atoms with Crippen molar-refractivity contribution in [3.05, 3.63) is 93.6 Å². The molecule has 0 saturated heterocycles. The Bertz CT molecular complexity index is 1080. The van der Waals surface area contributed by atoms with Crippen molar-refractivity contribution in [3.63, 3.8) is 0 Å². The highest BCUT2D eigenvalue weighted by molar-refractivity contribution is 5.95. The first-order valence-corrected chi connectivity index (χ1v) is 9.43. The molecule has 0 atom stereocenters. The van der Waals surface area contributed by atoms with Gasteiger partial charge in [0.1, 0.15) is 11.5 Å². The van der Waals surface area contributed by atoms with Gasteiger partial charge in [-0.15, -0.1) is 0 Å². The van der Waals surface area contributed by atoms with Crippen LogP contribution in [0.1, 0.15) is 44.0 Å². The number of benzene rings is 2. The van der Waals surface area contributed by atoms with Crippen molar-refractivity contribution in [2.24, 2.45) is 0 Å². The third-order valence-electron chi connectivity index (χ3n) is 5.34. The maximum Gasteiger partial charge on any atom is 0.416 e. The van der Waals surface area contributed by atoms with Crippen molar-refractivity contribution in [2.45, 2.75) is 40.0 Å². The van der Waals surface area contributed by atoms with E-state index in [1.54, 1.807) is 29.7 Å². The maximum absolute atomic E-state index is 14.1. The third kappa shape index (κ3) is 4.40. The van der Waals surface area contributed by atoms with Crippen LogP contribution in [0.25, 0.3) is 0 Å². The topological polar surface area (TPSA) is 34.0 Å². The quantitative estimate of drug-likeness (QED) is 0.542. The van der Waals surface area contributed by atoms with Crippen molar-refractivity contribution in [3.8, 4) is 0 Å². The number of amides is 1. The normalized spacial score (nSPS) is 11.6. The van der Waals surface area contributed by atoms with E-state index in [4.69, 9.17) is 0 Å². The number of halogens is 4. The van der Waals surface area contributed by atoms with Crippen LogP contribution in [-0.4, -0.2) is 10.5 Å². The van der Waals surface area contributed by atoms with Gasteiger partial charge in [-0.1, -0.05) is 30.3 Å². The van der Waals surface area contributed by atoms with Gasteiger partial charge in [0, 0.05) is 17.8 Å². The van der Waals surface area contributed by atoms with Crippen LogP contribution < -0.4 is 5.32 Å². The molecule has 3 rings (SSSR count). The molecule has 3 aromatic rings. The van der Waals surface area contributed by atoms with Gasteiger partial charge in [0.05, 0.1) is 12.1 Å². The molecule has 0 aliphatic carbocycles. The number of rotatable bonds is 5. The Kier molecular flexibility index (Phi) is 6.01. The number of alkyl halides is 3. The van der Waals surface area contributed by atoms with Crippen LogP contribution in [0.3, 0.4) is 0 Å². The van der Waals surface area contributed by atoms with Gasteiger partial charge in [-0.25, -0.2) is 4.39 Å². The van der Waals surface area contributed by atoms with Gasteiger partial charge >= 0.3 is 6.18 Å². The summed E-state index contributed by atoms with van der Waals surface area (Å²) in [7, 11) is 0. The van der Waals surface area contributed by atoms with Gasteiger partial charge in [0.15, 0.2) is 0 Å². The van der Waals surface area contributed by atoms with E-state index >= 15 is 0 Å². The summed E-state index contributed by atoms with van der Waals surface area (Å²) in [6, 6.07) is 11.2. The van der Waals surface area contributed by atoms with Gasteiger partial charge in [0.25, 0.3) is 5.91 Å². The Labute approximate surface area is 172 Å². The van der Waals surface area contributed by atoms with Crippen molar-refractivity contribution >= 4 is 5.91 Å². The SMILES string of the molecule is Cc1c(C)c(C(=O)NCc2cccc(C(F)(F)F)c2)n(Cc2ccccc2F)c1C. The average molecular weight is 418 g/mol. The highest BCUT2D eigenvalue weighted by atomic mass is 19.4. The molecule has 1 amide bonds. The second-order valence-corrected chi connectivity index (χ2v) is 7.24. The first-order valence-electron chi connectivity index (χ1n) is 9.43. The lowest BCUT2D eigenvalue weighted by molar-refractivity contribution is -0.137. The zero-order valence-corrected chi connectivity index (χ0v) is 16.9. The molecule has 0 unspecified atom stereocenters. The van der Waals surface area contributed by atoms with Crippen LogP contribution in [0.5, 0.6) is 0 Å². The van der Waals surface area contributed by atoms with E-state index in [0.29, 0.717) is 16.8 Å². The lowest BCUT2D eigenvalue weighted by Crippen LogP contribution is -2.27. The zero-order chi connectivity index (χ0) is 22.1. The maximum atomic E-state index is 14.1. The molecule has 30 heavy (non-hydrogen) atoms. The van der Waals surface area contributed by atoms with Gasteiger partial charge in [-0.05, 0) is 55.7 Å². The Morgan fingerprint density at radius 2 is 1.70 bits per heavy atom. The van der Waals surface area contributed by atoms with Crippen LogP contribution in [-0.2, 0) is 19.3 Å². The summed E-state index contributed by atoms with van der Waals surface area (Å²) in [6.07, 6.45) is -4.45. The molecule has 2 aromatic carbocycles. The van der Waals surface area contributed by atoms with Gasteiger partial charge in [-0.2, -0.15) is 13.2 Å². The molecule has 3 nitrogen and oxygen atoms in total. The smallest absolute Gasteiger partial charge is 0.347 e. The second kappa shape index (κ2) is 8.34. The number of nitrogens with zero attached hydrogens (tertiary/aromatic N) is 1. The van der Waals surface area contributed by atoms with E-state index in [2.05, 4.69) is 5.32 Å². The molecule has 0 bridgehead atoms. The van der Waals surface area contributed by atoms with Crippen LogP contribution in [0.15, 0.2) is 48.5 Å². The molecule has 0 spiro atoms. The lowest BCUT2D eigenvalue weighted by atomic mass is 10.1. The Morgan fingerprint density at radius 3 is 2.37 bits per heavy atom. The molecule has 0 fully saturated rings. The lowest BCUT2D eigenvalue weighted by Gasteiger charge is -2.14. The molecule has 1 aromatic heterocycles. The Morgan fingerprint density at radius 1 is 1.00 bits per heavy atom. The van der Waals surface area contributed by atoms with Gasteiger partial charge in [-0.3, -0.25) is 4.79 Å². The van der Waals surface area contributed by atoms with Gasteiger partial charge < -0.3 is 9.88 Å². The molecule has 0 aliphatic rings. The summed E-state index contributed by atoms with van der Waals surface area (Å²) < 4.78 is 54.6. The summed E-state index contributed by atoms with van der Waals surface area (Å²) in [5, 5.41) is 2.70. The third-order valence-corrected chi connectivity index (χ3v) is 5.34. The van der Waals surface area contributed by atoms with E-state index in [1.807, 2.05) is 13.8 Å². The summed E-state index contributed by atoms with van der Waals surface area (Å²) in [5.74, 6) is -0.784. The van der Waals surface area contributed by atoms with Crippen LogP contribution in [0, 0.1) is 26.6 Å². The summed E-state index contributed by atoms with van der Waals surface area (Å²) in [6.45, 7) is 5.67. The number of carbonyl (C=O) groups excluding carboxylic acids is 1. The van der Waals surface area contributed by atoms with E-state index in [9.17, 15) is 22.4 Å². The van der Waals surface area contributed by atoms with Crippen LogP contribution in [0.4, 0.5) is 17.6 Å². The molecule has 0 radical (unpaired) electrons.